The monoisotopic (exact) mass is 319 g/mol. The molecule has 1 aromatic carbocycles. The lowest BCUT2D eigenvalue weighted by Gasteiger charge is -2.06. The number of nitrogens with zero attached hydrogens (tertiary/aromatic N) is 2. The quantitative estimate of drug-likeness (QED) is 0.940. The summed E-state index contributed by atoms with van der Waals surface area (Å²) in [4.78, 5) is 12.0. The predicted molar refractivity (Wildman–Crippen MR) is 78.2 cm³/mol. The summed E-state index contributed by atoms with van der Waals surface area (Å²) in [6.45, 7) is 4.07. The van der Waals surface area contributed by atoms with E-state index in [1.165, 1.54) is 0 Å². The highest BCUT2D eigenvalue weighted by Crippen LogP contribution is 2.15. The first-order valence-corrected chi connectivity index (χ1v) is 6.76. The zero-order valence-electron chi connectivity index (χ0n) is 10.7. The summed E-state index contributed by atoms with van der Waals surface area (Å²) in [5, 5.41) is 10.8. The number of carbonyl (C=O) groups is 1. The Balaban J connectivity index is 2.09. The Morgan fingerprint density at radius 3 is 2.32 bits per heavy atom. The number of halogens is 1. The average Bonchev–Trinajstić information content (AvgIpc) is 2.41. The van der Waals surface area contributed by atoms with Crippen LogP contribution in [0.25, 0.3) is 0 Å². The molecule has 1 heterocycles. The van der Waals surface area contributed by atoms with Crippen molar-refractivity contribution in [3.63, 3.8) is 0 Å². The van der Waals surface area contributed by atoms with E-state index in [0.29, 0.717) is 11.6 Å². The van der Waals surface area contributed by atoms with E-state index in [0.717, 1.165) is 15.9 Å². The van der Waals surface area contributed by atoms with E-state index in [4.69, 9.17) is 0 Å². The number of benzene rings is 1. The smallest absolute Gasteiger partial charge is 0.276 e. The van der Waals surface area contributed by atoms with E-state index >= 15 is 0 Å². The summed E-state index contributed by atoms with van der Waals surface area (Å²) in [5.74, 6) is 0.0428. The molecule has 0 fully saturated rings. The van der Waals surface area contributed by atoms with Gasteiger partial charge in [-0.25, -0.2) is 0 Å². The van der Waals surface area contributed by atoms with Crippen LogP contribution >= 0.6 is 15.9 Å². The SMILES string of the molecule is CC(C)c1ccc(C(=O)Nc2ccc(Br)cc2)nn1. The minimum absolute atomic E-state index is 0.259. The highest BCUT2D eigenvalue weighted by molar-refractivity contribution is 9.10. The molecule has 0 spiro atoms. The number of anilines is 1. The van der Waals surface area contributed by atoms with Crippen LogP contribution in [0.4, 0.5) is 5.69 Å². The second-order valence-electron chi connectivity index (χ2n) is 4.46. The van der Waals surface area contributed by atoms with Gasteiger partial charge in [0.05, 0.1) is 5.69 Å². The fourth-order valence-electron chi connectivity index (χ4n) is 1.50. The van der Waals surface area contributed by atoms with Crippen molar-refractivity contribution in [3.05, 3.63) is 52.3 Å². The number of hydrogen-bond donors (Lipinski definition) is 1. The van der Waals surface area contributed by atoms with Gasteiger partial charge < -0.3 is 5.32 Å². The highest BCUT2D eigenvalue weighted by atomic mass is 79.9. The molecule has 4 nitrogen and oxygen atoms in total. The summed E-state index contributed by atoms with van der Waals surface area (Å²) in [6, 6.07) is 10.9. The standard InChI is InChI=1S/C14H14BrN3O/c1-9(2)12-7-8-13(18-17-12)14(19)16-11-5-3-10(15)4-6-11/h3-9H,1-2H3,(H,16,19). The molecule has 0 saturated heterocycles. The van der Waals surface area contributed by atoms with Crippen molar-refractivity contribution in [2.75, 3.05) is 5.32 Å². The van der Waals surface area contributed by atoms with Crippen molar-refractivity contribution < 1.29 is 4.79 Å². The molecule has 0 aliphatic carbocycles. The fraction of sp³-hybridized carbons (Fsp3) is 0.214. The zero-order valence-corrected chi connectivity index (χ0v) is 12.3. The van der Waals surface area contributed by atoms with Gasteiger partial charge in [0.15, 0.2) is 5.69 Å². The Morgan fingerprint density at radius 2 is 1.79 bits per heavy atom. The van der Waals surface area contributed by atoms with Gasteiger partial charge in [-0.1, -0.05) is 29.8 Å². The second kappa shape index (κ2) is 5.93. The fourth-order valence-corrected chi connectivity index (χ4v) is 1.76. The minimum Gasteiger partial charge on any atom is -0.321 e. The molecular weight excluding hydrogens is 306 g/mol. The van der Waals surface area contributed by atoms with Crippen LogP contribution in [0, 0.1) is 0 Å². The number of amides is 1. The van der Waals surface area contributed by atoms with Crippen molar-refractivity contribution >= 4 is 27.5 Å². The molecule has 0 bridgehead atoms. The average molecular weight is 320 g/mol. The highest BCUT2D eigenvalue weighted by Gasteiger charge is 2.09. The molecule has 0 radical (unpaired) electrons. The second-order valence-corrected chi connectivity index (χ2v) is 5.37. The first-order valence-electron chi connectivity index (χ1n) is 5.97. The lowest BCUT2D eigenvalue weighted by Crippen LogP contribution is -2.14. The molecule has 0 saturated carbocycles. The van der Waals surface area contributed by atoms with Crippen molar-refractivity contribution in [2.45, 2.75) is 19.8 Å². The maximum absolute atomic E-state index is 12.0. The van der Waals surface area contributed by atoms with Gasteiger partial charge in [0, 0.05) is 10.2 Å². The van der Waals surface area contributed by atoms with Gasteiger partial charge in [-0.2, -0.15) is 5.10 Å². The minimum atomic E-state index is -0.259. The first kappa shape index (κ1) is 13.7. The lowest BCUT2D eigenvalue weighted by molar-refractivity contribution is 0.102. The Hall–Kier alpha value is -1.75. The number of nitrogens with one attached hydrogen (secondary N) is 1. The van der Waals surface area contributed by atoms with E-state index in [9.17, 15) is 4.79 Å². The van der Waals surface area contributed by atoms with E-state index in [1.54, 1.807) is 6.07 Å². The maximum atomic E-state index is 12.0. The maximum Gasteiger partial charge on any atom is 0.276 e. The molecule has 0 aliphatic heterocycles. The molecule has 0 atom stereocenters. The number of hydrogen-bond acceptors (Lipinski definition) is 3. The zero-order chi connectivity index (χ0) is 13.8. The van der Waals surface area contributed by atoms with Crippen LogP contribution in [0.1, 0.15) is 35.9 Å². The number of rotatable bonds is 3. The van der Waals surface area contributed by atoms with Crippen LogP contribution in [-0.2, 0) is 0 Å². The Bertz CT molecular complexity index is 564. The van der Waals surface area contributed by atoms with Gasteiger partial charge in [0.2, 0.25) is 0 Å². The molecule has 2 rings (SSSR count). The third-order valence-electron chi connectivity index (χ3n) is 2.61. The van der Waals surface area contributed by atoms with Crippen LogP contribution in [0.3, 0.4) is 0 Å². The van der Waals surface area contributed by atoms with Crippen molar-refractivity contribution in [2.24, 2.45) is 0 Å². The summed E-state index contributed by atoms with van der Waals surface area (Å²) in [6.07, 6.45) is 0. The van der Waals surface area contributed by atoms with Gasteiger partial charge in [0.1, 0.15) is 0 Å². The van der Waals surface area contributed by atoms with Gasteiger partial charge in [-0.05, 0) is 42.3 Å². The Labute approximate surface area is 120 Å². The van der Waals surface area contributed by atoms with Gasteiger partial charge in [-0.3, -0.25) is 4.79 Å². The van der Waals surface area contributed by atoms with Crippen LogP contribution < -0.4 is 5.32 Å². The molecule has 0 aliphatic rings. The number of carbonyl (C=O) groups excluding carboxylic acids is 1. The summed E-state index contributed by atoms with van der Waals surface area (Å²) < 4.78 is 0.964. The first-order chi connectivity index (χ1) is 9.06. The molecule has 5 heteroatoms. The summed E-state index contributed by atoms with van der Waals surface area (Å²) >= 11 is 3.34. The third kappa shape index (κ3) is 3.61. The van der Waals surface area contributed by atoms with Crippen LogP contribution in [0.2, 0.25) is 0 Å². The topological polar surface area (TPSA) is 54.9 Å². The van der Waals surface area contributed by atoms with Gasteiger partial charge >= 0.3 is 0 Å². The van der Waals surface area contributed by atoms with E-state index in [-0.39, 0.29) is 5.91 Å². The summed E-state index contributed by atoms with van der Waals surface area (Å²) in [7, 11) is 0. The normalized spacial score (nSPS) is 10.5. The van der Waals surface area contributed by atoms with Crippen molar-refractivity contribution in [1.82, 2.24) is 10.2 Å². The van der Waals surface area contributed by atoms with Crippen LogP contribution in [0.5, 0.6) is 0 Å². The number of aromatic nitrogens is 2. The molecular formula is C14H14BrN3O. The molecule has 1 amide bonds. The van der Waals surface area contributed by atoms with Gasteiger partial charge in [-0.15, -0.1) is 5.10 Å². The van der Waals surface area contributed by atoms with Crippen molar-refractivity contribution in [1.29, 1.82) is 0 Å². The van der Waals surface area contributed by atoms with Crippen LogP contribution in [-0.4, -0.2) is 16.1 Å². The Morgan fingerprint density at radius 1 is 1.11 bits per heavy atom. The largest absolute Gasteiger partial charge is 0.321 e. The lowest BCUT2D eigenvalue weighted by atomic mass is 10.1. The van der Waals surface area contributed by atoms with Gasteiger partial charge in [0.25, 0.3) is 5.91 Å². The van der Waals surface area contributed by atoms with Crippen molar-refractivity contribution in [3.8, 4) is 0 Å². The molecule has 19 heavy (non-hydrogen) atoms. The summed E-state index contributed by atoms with van der Waals surface area (Å²) in [5.41, 5.74) is 1.91. The van der Waals surface area contributed by atoms with E-state index < -0.39 is 0 Å². The molecule has 2 aromatic rings. The predicted octanol–water partition coefficient (Wildman–Crippen LogP) is 3.61. The third-order valence-corrected chi connectivity index (χ3v) is 3.14. The van der Waals surface area contributed by atoms with Crippen LogP contribution in [0.15, 0.2) is 40.9 Å². The van der Waals surface area contributed by atoms with E-state index in [2.05, 4.69) is 31.4 Å². The Kier molecular flexibility index (Phi) is 4.27. The molecule has 0 unspecified atom stereocenters. The van der Waals surface area contributed by atoms with E-state index in [1.807, 2.05) is 44.2 Å². The molecule has 1 aromatic heterocycles. The molecule has 1 N–H and O–H groups in total. The molecule has 98 valence electrons.